The number of fused-ring (bicyclic) bond motifs is 1. The summed E-state index contributed by atoms with van der Waals surface area (Å²) in [5.74, 6) is 0. The van der Waals surface area contributed by atoms with Gasteiger partial charge >= 0.3 is 0 Å². The summed E-state index contributed by atoms with van der Waals surface area (Å²) in [4.78, 5) is 13.3. The quantitative estimate of drug-likeness (QED) is 0.573. The van der Waals surface area contributed by atoms with Crippen LogP contribution in [0.5, 0.6) is 0 Å². The topological polar surface area (TPSA) is 22.0 Å². The number of allylic oxidation sites excluding steroid dienone is 1. The lowest BCUT2D eigenvalue weighted by Crippen LogP contribution is -2.23. The first-order chi connectivity index (χ1) is 11.6. The Kier molecular flexibility index (Phi) is 4.72. The summed E-state index contributed by atoms with van der Waals surface area (Å²) < 4.78 is 2.85. The zero-order valence-electron chi connectivity index (χ0n) is 14.1. The van der Waals surface area contributed by atoms with Crippen LogP contribution in [0.3, 0.4) is 0 Å². The number of halogens is 1. The van der Waals surface area contributed by atoms with Crippen LogP contribution in [0.2, 0.25) is 0 Å². The number of hydrogen-bond acceptors (Lipinski definition) is 1. The average Bonchev–Trinajstić information content (AvgIpc) is 2.57. The molecule has 2 nitrogen and oxygen atoms in total. The maximum absolute atomic E-state index is 13.3. The summed E-state index contributed by atoms with van der Waals surface area (Å²) in [5, 5.41) is 1.13. The molecule has 1 heterocycles. The molecule has 0 aliphatic rings. The van der Waals surface area contributed by atoms with E-state index in [4.69, 9.17) is 0 Å². The van der Waals surface area contributed by atoms with Gasteiger partial charge in [-0.05, 0) is 55.7 Å². The van der Waals surface area contributed by atoms with Crippen LogP contribution in [0.25, 0.3) is 22.7 Å². The van der Waals surface area contributed by atoms with Crippen molar-refractivity contribution in [1.82, 2.24) is 4.57 Å². The molecular formula is C21H20BrNO. The lowest BCUT2D eigenvalue weighted by Gasteiger charge is -2.17. The van der Waals surface area contributed by atoms with E-state index in [2.05, 4.69) is 28.9 Å². The van der Waals surface area contributed by atoms with Gasteiger partial charge in [-0.25, -0.2) is 0 Å². The van der Waals surface area contributed by atoms with Crippen LogP contribution in [-0.2, 0) is 6.42 Å². The minimum Gasteiger partial charge on any atom is -0.276 e. The molecule has 0 unspecified atom stereocenters. The Balaban J connectivity index is 2.52. The van der Waals surface area contributed by atoms with Crippen molar-refractivity contribution in [2.24, 2.45) is 0 Å². The van der Waals surface area contributed by atoms with Crippen LogP contribution in [0, 0.1) is 6.92 Å². The molecule has 3 aromatic rings. The van der Waals surface area contributed by atoms with E-state index in [1.165, 1.54) is 0 Å². The fourth-order valence-electron chi connectivity index (χ4n) is 3.26. The van der Waals surface area contributed by atoms with Crippen molar-refractivity contribution < 1.29 is 0 Å². The molecule has 0 bridgehead atoms. The van der Waals surface area contributed by atoms with E-state index in [0.717, 1.165) is 44.2 Å². The van der Waals surface area contributed by atoms with Gasteiger partial charge in [-0.15, -0.1) is 0 Å². The molecule has 0 saturated carbocycles. The maximum Gasteiger partial charge on any atom is 0.263 e. The SMILES string of the molecule is C/C=C\c1c(CC)c2ccccc2n(-c2ccc(Br)cc2C)c1=O. The molecule has 2 aromatic carbocycles. The Morgan fingerprint density at radius 2 is 1.92 bits per heavy atom. The number of nitrogens with zero attached hydrogens (tertiary/aromatic N) is 1. The van der Waals surface area contributed by atoms with Gasteiger partial charge in [-0.1, -0.05) is 53.2 Å². The summed E-state index contributed by atoms with van der Waals surface area (Å²) >= 11 is 3.50. The standard InChI is InChI=1S/C21H20BrNO/c1-4-8-18-16(5-2)17-9-6-7-10-20(17)23(21(18)24)19-12-11-15(22)13-14(19)3/h4,6-13H,5H2,1-3H3/b8-4-. The van der Waals surface area contributed by atoms with Gasteiger partial charge in [0, 0.05) is 15.4 Å². The van der Waals surface area contributed by atoms with Gasteiger partial charge in [-0.2, -0.15) is 0 Å². The summed E-state index contributed by atoms with van der Waals surface area (Å²) in [7, 11) is 0. The normalized spacial score (nSPS) is 11.5. The van der Waals surface area contributed by atoms with E-state index in [9.17, 15) is 4.79 Å². The van der Waals surface area contributed by atoms with E-state index < -0.39 is 0 Å². The molecule has 0 atom stereocenters. The second-order valence-corrected chi connectivity index (χ2v) is 6.75. The number of benzene rings is 2. The van der Waals surface area contributed by atoms with Crippen LogP contribution in [0.1, 0.15) is 30.5 Å². The molecule has 24 heavy (non-hydrogen) atoms. The molecule has 0 amide bonds. The minimum atomic E-state index is 0.0362. The van der Waals surface area contributed by atoms with Crippen molar-refractivity contribution in [3.63, 3.8) is 0 Å². The van der Waals surface area contributed by atoms with Crippen LogP contribution < -0.4 is 5.56 Å². The van der Waals surface area contributed by atoms with E-state index in [1.54, 1.807) is 0 Å². The highest BCUT2D eigenvalue weighted by molar-refractivity contribution is 9.10. The van der Waals surface area contributed by atoms with Crippen LogP contribution in [0.15, 0.2) is 57.8 Å². The van der Waals surface area contributed by atoms with E-state index in [0.29, 0.717) is 0 Å². The number of aryl methyl sites for hydroxylation is 2. The van der Waals surface area contributed by atoms with E-state index in [-0.39, 0.29) is 5.56 Å². The highest BCUT2D eigenvalue weighted by atomic mass is 79.9. The highest BCUT2D eigenvalue weighted by Gasteiger charge is 2.15. The third-order valence-electron chi connectivity index (χ3n) is 4.32. The highest BCUT2D eigenvalue weighted by Crippen LogP contribution is 2.26. The molecule has 0 aliphatic heterocycles. The largest absolute Gasteiger partial charge is 0.276 e. The van der Waals surface area contributed by atoms with Crippen molar-refractivity contribution in [2.45, 2.75) is 27.2 Å². The Labute approximate surface area is 150 Å². The summed E-state index contributed by atoms with van der Waals surface area (Å²) in [5.41, 5.74) is 4.87. The molecule has 1 aromatic heterocycles. The summed E-state index contributed by atoms with van der Waals surface area (Å²) in [6.07, 6.45) is 4.69. The van der Waals surface area contributed by atoms with Crippen molar-refractivity contribution in [3.8, 4) is 5.69 Å². The molecule has 3 rings (SSSR count). The second kappa shape index (κ2) is 6.78. The Bertz CT molecular complexity index is 999. The van der Waals surface area contributed by atoms with Gasteiger partial charge in [0.2, 0.25) is 0 Å². The van der Waals surface area contributed by atoms with Crippen LogP contribution >= 0.6 is 15.9 Å². The zero-order chi connectivity index (χ0) is 17.3. The maximum atomic E-state index is 13.3. The smallest absolute Gasteiger partial charge is 0.263 e. The van der Waals surface area contributed by atoms with Crippen molar-refractivity contribution in [3.05, 3.63) is 80.1 Å². The fourth-order valence-corrected chi connectivity index (χ4v) is 3.73. The van der Waals surface area contributed by atoms with Gasteiger partial charge in [-0.3, -0.25) is 9.36 Å². The minimum absolute atomic E-state index is 0.0362. The fraction of sp³-hybridized carbons (Fsp3) is 0.190. The van der Waals surface area contributed by atoms with E-state index >= 15 is 0 Å². The first kappa shape index (κ1) is 16.7. The molecule has 0 fully saturated rings. The molecule has 0 spiro atoms. The van der Waals surface area contributed by atoms with Gasteiger partial charge in [0.05, 0.1) is 11.2 Å². The number of para-hydroxylation sites is 1. The first-order valence-electron chi connectivity index (χ1n) is 8.14. The lowest BCUT2D eigenvalue weighted by atomic mass is 9.99. The first-order valence-corrected chi connectivity index (χ1v) is 8.93. The third kappa shape index (κ3) is 2.73. The van der Waals surface area contributed by atoms with Gasteiger partial charge < -0.3 is 0 Å². The molecule has 3 heteroatoms. The molecule has 122 valence electrons. The third-order valence-corrected chi connectivity index (χ3v) is 4.81. The number of rotatable bonds is 3. The van der Waals surface area contributed by atoms with Crippen molar-refractivity contribution in [1.29, 1.82) is 0 Å². The van der Waals surface area contributed by atoms with Gasteiger partial charge in [0.15, 0.2) is 0 Å². The zero-order valence-corrected chi connectivity index (χ0v) is 15.7. The molecular weight excluding hydrogens is 362 g/mol. The monoisotopic (exact) mass is 381 g/mol. The number of hydrogen-bond donors (Lipinski definition) is 0. The average molecular weight is 382 g/mol. The second-order valence-electron chi connectivity index (χ2n) is 5.83. The Morgan fingerprint density at radius 3 is 2.58 bits per heavy atom. The van der Waals surface area contributed by atoms with Crippen molar-refractivity contribution in [2.75, 3.05) is 0 Å². The van der Waals surface area contributed by atoms with Crippen LogP contribution in [-0.4, -0.2) is 4.57 Å². The molecule has 0 aliphatic carbocycles. The van der Waals surface area contributed by atoms with Crippen LogP contribution in [0.4, 0.5) is 0 Å². The predicted octanol–water partition coefficient (Wildman–Crippen LogP) is 5.66. The summed E-state index contributed by atoms with van der Waals surface area (Å²) in [6, 6.07) is 14.2. The van der Waals surface area contributed by atoms with E-state index in [1.807, 2.05) is 67.0 Å². The van der Waals surface area contributed by atoms with Crippen molar-refractivity contribution >= 4 is 32.9 Å². The Hall–Kier alpha value is -2.13. The molecule has 0 N–H and O–H groups in total. The summed E-state index contributed by atoms with van der Waals surface area (Å²) in [6.45, 7) is 6.08. The predicted molar refractivity (Wildman–Crippen MR) is 106 cm³/mol. The molecule has 0 saturated heterocycles. The molecule has 0 radical (unpaired) electrons. The number of aromatic nitrogens is 1. The van der Waals surface area contributed by atoms with Gasteiger partial charge in [0.25, 0.3) is 5.56 Å². The lowest BCUT2D eigenvalue weighted by molar-refractivity contribution is 1.000. The van der Waals surface area contributed by atoms with Gasteiger partial charge in [0.1, 0.15) is 0 Å². The number of pyridine rings is 1. The Morgan fingerprint density at radius 1 is 1.17 bits per heavy atom.